The number of amides is 1. The molecular weight excluding hydrogens is 216 g/mol. The van der Waals surface area contributed by atoms with Gasteiger partial charge in [0.05, 0.1) is 6.54 Å². The van der Waals surface area contributed by atoms with E-state index >= 15 is 0 Å². The van der Waals surface area contributed by atoms with E-state index in [2.05, 4.69) is 4.98 Å². The Balaban J connectivity index is 2.11. The Kier molecular flexibility index (Phi) is 2.96. The second-order valence-corrected chi connectivity index (χ2v) is 5.00. The monoisotopic (exact) mass is 232 g/mol. The number of aromatic nitrogens is 1. The maximum absolute atomic E-state index is 12.1. The van der Waals surface area contributed by atoms with Gasteiger partial charge in [-0.1, -0.05) is 19.9 Å². The van der Waals surface area contributed by atoms with E-state index in [1.807, 2.05) is 13.8 Å². The molecule has 0 saturated carbocycles. The van der Waals surface area contributed by atoms with Crippen LogP contribution in [0.3, 0.4) is 0 Å². The molecule has 0 atom stereocenters. The Morgan fingerprint density at radius 1 is 1.41 bits per heavy atom. The zero-order chi connectivity index (χ0) is 12.5. The largest absolute Gasteiger partial charge is 0.330 e. The van der Waals surface area contributed by atoms with Crippen LogP contribution < -0.4 is 0 Å². The predicted molar refractivity (Wildman–Crippen MR) is 63.5 cm³/mol. The highest BCUT2D eigenvalue weighted by Gasteiger charge is 2.35. The fraction of sp³-hybridized carbons (Fsp3) is 0.462. The molecule has 90 valence electrons. The second-order valence-electron chi connectivity index (χ2n) is 5.00. The third kappa shape index (κ3) is 2.35. The van der Waals surface area contributed by atoms with E-state index in [9.17, 15) is 9.59 Å². The summed E-state index contributed by atoms with van der Waals surface area (Å²) in [5, 5.41) is 0. The summed E-state index contributed by atoms with van der Waals surface area (Å²) >= 11 is 0. The highest BCUT2D eigenvalue weighted by atomic mass is 16.2. The molecule has 0 spiro atoms. The summed E-state index contributed by atoms with van der Waals surface area (Å²) in [6.07, 6.45) is 2.30. The number of carbonyl (C=O) groups excluding carboxylic acids is 2. The molecule has 1 amide bonds. The molecular formula is C13H16N2O2. The van der Waals surface area contributed by atoms with Crippen molar-refractivity contribution in [3.63, 3.8) is 0 Å². The topological polar surface area (TPSA) is 50.3 Å². The predicted octanol–water partition coefficient (Wildman–Crippen LogP) is 1.52. The van der Waals surface area contributed by atoms with E-state index in [1.165, 1.54) is 0 Å². The molecule has 0 unspecified atom stereocenters. The van der Waals surface area contributed by atoms with Crippen molar-refractivity contribution in [2.24, 2.45) is 5.41 Å². The summed E-state index contributed by atoms with van der Waals surface area (Å²) < 4.78 is 0. The summed E-state index contributed by atoms with van der Waals surface area (Å²) in [4.78, 5) is 29.5. The van der Waals surface area contributed by atoms with Crippen LogP contribution in [0, 0.1) is 5.41 Å². The summed E-state index contributed by atoms with van der Waals surface area (Å²) in [6.45, 7) is 4.67. The number of ketones is 1. The highest BCUT2D eigenvalue weighted by Crippen LogP contribution is 2.27. The maximum atomic E-state index is 12.1. The van der Waals surface area contributed by atoms with E-state index in [0.717, 1.165) is 0 Å². The summed E-state index contributed by atoms with van der Waals surface area (Å²) in [7, 11) is 0. The lowest BCUT2D eigenvalue weighted by molar-refractivity contribution is -0.130. The number of hydrogen-bond acceptors (Lipinski definition) is 3. The van der Waals surface area contributed by atoms with Gasteiger partial charge in [-0.05, 0) is 18.6 Å². The Morgan fingerprint density at radius 3 is 2.76 bits per heavy atom. The number of pyridine rings is 1. The molecule has 1 fully saturated rings. The summed E-state index contributed by atoms with van der Waals surface area (Å²) in [5.74, 6) is -0.0394. The van der Waals surface area contributed by atoms with Crippen molar-refractivity contribution in [2.45, 2.75) is 20.3 Å². The lowest BCUT2D eigenvalue weighted by Crippen LogP contribution is -2.47. The van der Waals surface area contributed by atoms with Gasteiger partial charge in [0.2, 0.25) is 0 Å². The Labute approximate surface area is 101 Å². The minimum Gasteiger partial charge on any atom is -0.330 e. The molecule has 0 aromatic carbocycles. The van der Waals surface area contributed by atoms with E-state index in [4.69, 9.17) is 0 Å². The first kappa shape index (κ1) is 11.8. The van der Waals surface area contributed by atoms with Crippen LogP contribution in [-0.4, -0.2) is 34.7 Å². The second kappa shape index (κ2) is 4.28. The lowest BCUT2D eigenvalue weighted by atomic mass is 9.81. The number of rotatable bonds is 1. The van der Waals surface area contributed by atoms with Crippen molar-refractivity contribution < 1.29 is 9.59 Å². The van der Waals surface area contributed by atoms with Gasteiger partial charge in [0, 0.05) is 18.2 Å². The highest BCUT2D eigenvalue weighted by molar-refractivity contribution is 5.97. The molecule has 1 aromatic heterocycles. The molecule has 0 aliphatic carbocycles. The molecule has 1 aromatic rings. The number of piperidine rings is 1. The first-order valence-electron chi connectivity index (χ1n) is 5.74. The van der Waals surface area contributed by atoms with E-state index < -0.39 is 0 Å². The zero-order valence-electron chi connectivity index (χ0n) is 10.1. The molecule has 1 saturated heterocycles. The van der Waals surface area contributed by atoms with E-state index in [1.54, 1.807) is 29.3 Å². The number of carbonyl (C=O) groups is 2. The molecule has 1 aliphatic rings. The Bertz CT molecular complexity index is 440. The van der Waals surface area contributed by atoms with Crippen LogP contribution in [-0.2, 0) is 4.79 Å². The maximum Gasteiger partial charge on any atom is 0.272 e. The van der Waals surface area contributed by atoms with Gasteiger partial charge in [0.25, 0.3) is 5.91 Å². The third-order valence-electron chi connectivity index (χ3n) is 3.27. The van der Waals surface area contributed by atoms with Crippen LogP contribution in [0.1, 0.15) is 30.8 Å². The Hall–Kier alpha value is -1.71. The average Bonchev–Trinajstić information content (AvgIpc) is 2.33. The Morgan fingerprint density at radius 2 is 2.18 bits per heavy atom. The molecule has 0 radical (unpaired) electrons. The first-order chi connectivity index (χ1) is 8.00. The van der Waals surface area contributed by atoms with Crippen molar-refractivity contribution in [3.8, 4) is 0 Å². The number of likely N-dealkylation sites (tertiary alicyclic amines) is 1. The van der Waals surface area contributed by atoms with Gasteiger partial charge >= 0.3 is 0 Å². The van der Waals surface area contributed by atoms with Gasteiger partial charge in [-0.15, -0.1) is 0 Å². The normalized spacial score (nSPS) is 19.2. The van der Waals surface area contributed by atoms with Crippen molar-refractivity contribution in [2.75, 3.05) is 13.1 Å². The molecule has 4 nitrogen and oxygen atoms in total. The van der Waals surface area contributed by atoms with Crippen LogP contribution in [0.25, 0.3) is 0 Å². The smallest absolute Gasteiger partial charge is 0.272 e. The fourth-order valence-corrected chi connectivity index (χ4v) is 1.84. The van der Waals surface area contributed by atoms with Crippen molar-refractivity contribution in [1.82, 2.24) is 9.88 Å². The van der Waals surface area contributed by atoms with Crippen molar-refractivity contribution >= 4 is 11.7 Å². The van der Waals surface area contributed by atoms with E-state index in [-0.39, 0.29) is 23.7 Å². The lowest BCUT2D eigenvalue weighted by Gasteiger charge is -2.35. The number of hydrogen-bond donors (Lipinski definition) is 0. The first-order valence-corrected chi connectivity index (χ1v) is 5.74. The van der Waals surface area contributed by atoms with Gasteiger partial charge in [-0.25, -0.2) is 0 Å². The molecule has 4 heteroatoms. The van der Waals surface area contributed by atoms with Gasteiger partial charge in [-0.3, -0.25) is 14.6 Å². The summed E-state index contributed by atoms with van der Waals surface area (Å²) in [5.41, 5.74) is 0.0981. The minimum absolute atomic E-state index is 0.119. The molecule has 2 heterocycles. The van der Waals surface area contributed by atoms with Crippen LogP contribution >= 0.6 is 0 Å². The molecule has 0 N–H and O–H groups in total. The SMILES string of the molecule is CC1(C)CCN(C(=O)c2ccccn2)CC1=O. The molecule has 17 heavy (non-hydrogen) atoms. The fourth-order valence-electron chi connectivity index (χ4n) is 1.84. The standard InChI is InChI=1S/C13H16N2O2/c1-13(2)6-8-15(9-11(13)16)12(17)10-5-3-4-7-14-10/h3-5,7H,6,8-9H2,1-2H3. The molecule has 2 rings (SSSR count). The van der Waals surface area contributed by atoms with Gasteiger partial charge < -0.3 is 4.90 Å². The molecule has 0 bridgehead atoms. The van der Waals surface area contributed by atoms with Crippen LogP contribution in [0.5, 0.6) is 0 Å². The minimum atomic E-state index is -0.305. The number of Topliss-reactive ketones (excluding diaryl/α,β-unsaturated/α-hetero) is 1. The third-order valence-corrected chi connectivity index (χ3v) is 3.27. The van der Waals surface area contributed by atoms with Crippen LogP contribution in [0.4, 0.5) is 0 Å². The molecule has 1 aliphatic heterocycles. The van der Waals surface area contributed by atoms with Crippen molar-refractivity contribution in [3.05, 3.63) is 30.1 Å². The van der Waals surface area contributed by atoms with Crippen molar-refractivity contribution in [1.29, 1.82) is 0 Å². The average molecular weight is 232 g/mol. The quantitative estimate of drug-likeness (QED) is 0.737. The van der Waals surface area contributed by atoms with Crippen LogP contribution in [0.2, 0.25) is 0 Å². The van der Waals surface area contributed by atoms with Gasteiger partial charge in [-0.2, -0.15) is 0 Å². The van der Waals surface area contributed by atoms with E-state index in [0.29, 0.717) is 18.7 Å². The van der Waals surface area contributed by atoms with Gasteiger partial charge in [0.1, 0.15) is 5.69 Å². The number of nitrogens with zero attached hydrogens (tertiary/aromatic N) is 2. The summed E-state index contributed by atoms with van der Waals surface area (Å²) in [6, 6.07) is 5.21. The zero-order valence-corrected chi connectivity index (χ0v) is 10.1. The van der Waals surface area contributed by atoms with Gasteiger partial charge in [0.15, 0.2) is 5.78 Å². The van der Waals surface area contributed by atoms with Crippen LogP contribution in [0.15, 0.2) is 24.4 Å².